The van der Waals surface area contributed by atoms with Crippen molar-refractivity contribution in [3.05, 3.63) is 64.4 Å². The van der Waals surface area contributed by atoms with Gasteiger partial charge < -0.3 is 5.73 Å². The van der Waals surface area contributed by atoms with Gasteiger partial charge in [0.2, 0.25) is 5.91 Å². The molecule has 0 saturated carbocycles. The van der Waals surface area contributed by atoms with Crippen LogP contribution in [0.5, 0.6) is 0 Å². The number of nitrogen functional groups attached to an aromatic ring is 1. The van der Waals surface area contributed by atoms with Gasteiger partial charge in [0.15, 0.2) is 0 Å². The molecule has 2 N–H and O–H groups in total. The smallest absolute Gasteiger partial charge is 0.240 e. The third-order valence-corrected chi connectivity index (χ3v) is 4.14. The number of nitrogens with zero attached hydrogens (tertiary/aromatic N) is 2. The molecule has 0 spiro atoms. The van der Waals surface area contributed by atoms with Crippen LogP contribution >= 0.6 is 24.2 Å². The van der Waals surface area contributed by atoms with Gasteiger partial charge in [-0.2, -0.15) is 17.7 Å². The van der Waals surface area contributed by atoms with E-state index in [1.54, 1.807) is 24.5 Å². The lowest BCUT2D eigenvalue weighted by Gasteiger charge is -2.21. The molecule has 0 bridgehead atoms. The highest BCUT2D eigenvalue weighted by molar-refractivity contribution is 7.79. The molecular formula is C18H19ClFN3OS. The summed E-state index contributed by atoms with van der Waals surface area (Å²) in [5.41, 5.74) is 8.17. The summed E-state index contributed by atoms with van der Waals surface area (Å²) in [5.74, 6) is -0.706. The monoisotopic (exact) mass is 379 g/mol. The highest BCUT2D eigenvalue weighted by Crippen LogP contribution is 2.37. The maximum Gasteiger partial charge on any atom is 0.240 e. The van der Waals surface area contributed by atoms with Crippen molar-refractivity contribution in [3.63, 3.8) is 0 Å². The topological polar surface area (TPSA) is 58.7 Å². The van der Waals surface area contributed by atoms with Gasteiger partial charge in [0.05, 0.1) is 11.8 Å². The first-order chi connectivity index (χ1) is 12.0. The largest absolute Gasteiger partial charge is 0.399 e. The molecule has 132 valence electrons. The Morgan fingerprint density at radius 2 is 1.92 bits per heavy atom. The van der Waals surface area contributed by atoms with Gasteiger partial charge in [-0.3, -0.25) is 4.79 Å². The van der Waals surface area contributed by atoms with Crippen LogP contribution in [0.3, 0.4) is 0 Å². The van der Waals surface area contributed by atoms with Gasteiger partial charge >= 0.3 is 0 Å². The highest BCUT2D eigenvalue weighted by atomic mass is 35.5. The van der Waals surface area contributed by atoms with Crippen LogP contribution < -0.4 is 5.73 Å². The Bertz CT molecular complexity index is 775. The minimum absolute atomic E-state index is 0.264. The van der Waals surface area contributed by atoms with Gasteiger partial charge in [0.1, 0.15) is 5.82 Å². The molecule has 1 aliphatic rings. The van der Waals surface area contributed by atoms with Gasteiger partial charge in [0.25, 0.3) is 0 Å². The molecule has 2 aromatic rings. The molecule has 0 aliphatic carbocycles. The molecule has 25 heavy (non-hydrogen) atoms. The normalized spacial score (nSPS) is 16.1. The number of nitrogens with two attached hydrogens (primary N) is 1. The van der Waals surface area contributed by atoms with Crippen molar-refractivity contribution in [3.8, 4) is 0 Å². The standard InChI is InChI=1S/C17H15ClFN3O.CH4S/c1-10(23)22-16(17-13(18)3-2-4-14(17)19)9-15(21-22)11-5-7-12(20)8-6-11;1-2/h2-8,16H,9,20H2,1H3;2H,1H3. The first-order valence-electron chi connectivity index (χ1n) is 7.59. The molecular weight excluding hydrogens is 361 g/mol. The third-order valence-electron chi connectivity index (χ3n) is 3.81. The molecule has 0 fully saturated rings. The summed E-state index contributed by atoms with van der Waals surface area (Å²) in [6.07, 6.45) is 2.09. The molecule has 7 heteroatoms. The fourth-order valence-electron chi connectivity index (χ4n) is 2.70. The van der Waals surface area contributed by atoms with Crippen LogP contribution in [0.1, 0.15) is 30.5 Å². The van der Waals surface area contributed by atoms with Crippen molar-refractivity contribution in [2.75, 3.05) is 12.0 Å². The van der Waals surface area contributed by atoms with Crippen LogP contribution in [0.2, 0.25) is 5.02 Å². The summed E-state index contributed by atoms with van der Waals surface area (Å²) >= 11 is 9.68. The summed E-state index contributed by atoms with van der Waals surface area (Å²) in [5, 5.41) is 5.94. The Labute approximate surface area is 156 Å². The number of halogens is 2. The van der Waals surface area contributed by atoms with Crippen LogP contribution in [0.15, 0.2) is 47.6 Å². The number of hydrogen-bond acceptors (Lipinski definition) is 4. The fourth-order valence-corrected chi connectivity index (χ4v) is 2.99. The van der Waals surface area contributed by atoms with Gasteiger partial charge in [-0.05, 0) is 36.1 Å². The zero-order valence-electron chi connectivity index (χ0n) is 13.9. The Morgan fingerprint density at radius 1 is 1.28 bits per heavy atom. The van der Waals surface area contributed by atoms with E-state index in [9.17, 15) is 9.18 Å². The second-order valence-corrected chi connectivity index (χ2v) is 5.79. The van der Waals surface area contributed by atoms with E-state index in [4.69, 9.17) is 17.3 Å². The second kappa shape index (κ2) is 8.36. The minimum Gasteiger partial charge on any atom is -0.399 e. The lowest BCUT2D eigenvalue weighted by Crippen LogP contribution is -2.25. The average molecular weight is 380 g/mol. The SMILES string of the molecule is CC(=O)N1N=C(c2ccc(N)cc2)CC1c1c(F)cccc1Cl.CS. The Kier molecular flexibility index (Phi) is 6.45. The molecule has 1 amide bonds. The number of carbonyl (C=O) groups excluding carboxylic acids is 1. The number of amides is 1. The van der Waals surface area contributed by atoms with E-state index in [1.165, 1.54) is 24.1 Å². The lowest BCUT2D eigenvalue weighted by molar-refractivity contribution is -0.130. The molecule has 0 aromatic heterocycles. The van der Waals surface area contributed by atoms with E-state index in [2.05, 4.69) is 17.7 Å². The number of carbonyl (C=O) groups is 1. The van der Waals surface area contributed by atoms with E-state index in [1.807, 2.05) is 12.1 Å². The summed E-state index contributed by atoms with van der Waals surface area (Å²) in [6, 6.07) is 11.1. The molecule has 3 rings (SSSR count). The number of thiol groups is 1. The first-order valence-corrected chi connectivity index (χ1v) is 8.86. The number of anilines is 1. The van der Waals surface area contributed by atoms with E-state index < -0.39 is 11.9 Å². The van der Waals surface area contributed by atoms with Crippen LogP contribution in [0, 0.1) is 5.82 Å². The Hall–Kier alpha value is -2.05. The molecule has 0 saturated heterocycles. The number of hydrogen-bond donors (Lipinski definition) is 2. The van der Waals surface area contributed by atoms with Crippen molar-refractivity contribution in [1.82, 2.24) is 5.01 Å². The number of hydrazone groups is 1. The van der Waals surface area contributed by atoms with Crippen LogP contribution in [-0.2, 0) is 4.79 Å². The van der Waals surface area contributed by atoms with Gasteiger partial charge in [-0.1, -0.05) is 29.8 Å². The predicted molar refractivity (Wildman–Crippen MR) is 104 cm³/mol. The van der Waals surface area contributed by atoms with Crippen molar-refractivity contribution < 1.29 is 9.18 Å². The Morgan fingerprint density at radius 3 is 2.48 bits per heavy atom. The summed E-state index contributed by atoms with van der Waals surface area (Å²) in [7, 11) is 0. The maximum absolute atomic E-state index is 14.2. The van der Waals surface area contributed by atoms with Crippen LogP contribution in [0.25, 0.3) is 0 Å². The van der Waals surface area contributed by atoms with E-state index >= 15 is 0 Å². The number of benzene rings is 2. The first kappa shape index (κ1) is 19.3. The number of rotatable bonds is 2. The summed E-state index contributed by atoms with van der Waals surface area (Å²) < 4.78 is 14.2. The third kappa shape index (κ3) is 4.14. The van der Waals surface area contributed by atoms with E-state index in [0.717, 1.165) is 5.56 Å². The van der Waals surface area contributed by atoms with Crippen LogP contribution in [0.4, 0.5) is 10.1 Å². The molecule has 1 heterocycles. The lowest BCUT2D eigenvalue weighted by atomic mass is 9.98. The zero-order valence-corrected chi connectivity index (χ0v) is 15.6. The molecule has 1 unspecified atom stereocenters. The van der Waals surface area contributed by atoms with Crippen molar-refractivity contribution in [1.29, 1.82) is 0 Å². The van der Waals surface area contributed by atoms with E-state index in [0.29, 0.717) is 23.4 Å². The van der Waals surface area contributed by atoms with Crippen LogP contribution in [-0.4, -0.2) is 22.9 Å². The van der Waals surface area contributed by atoms with E-state index in [-0.39, 0.29) is 10.9 Å². The molecule has 1 atom stereocenters. The van der Waals surface area contributed by atoms with Gasteiger partial charge in [-0.15, -0.1) is 0 Å². The average Bonchev–Trinajstić information content (AvgIpc) is 3.02. The van der Waals surface area contributed by atoms with Crippen molar-refractivity contribution >= 4 is 41.5 Å². The predicted octanol–water partition coefficient (Wildman–Crippen LogP) is 4.30. The highest BCUT2D eigenvalue weighted by Gasteiger charge is 2.34. The maximum atomic E-state index is 14.2. The van der Waals surface area contributed by atoms with Crippen molar-refractivity contribution in [2.45, 2.75) is 19.4 Å². The van der Waals surface area contributed by atoms with Crippen molar-refractivity contribution in [2.24, 2.45) is 5.10 Å². The second-order valence-electron chi connectivity index (χ2n) is 5.39. The molecule has 4 nitrogen and oxygen atoms in total. The summed E-state index contributed by atoms with van der Waals surface area (Å²) in [4.78, 5) is 11.9. The zero-order chi connectivity index (χ0) is 18.6. The Balaban J connectivity index is 0.00000109. The van der Waals surface area contributed by atoms with Gasteiger partial charge in [0, 0.05) is 29.6 Å². The molecule has 1 aliphatic heterocycles. The molecule has 0 radical (unpaired) electrons. The van der Waals surface area contributed by atoms with Gasteiger partial charge in [-0.25, -0.2) is 9.40 Å². The fraction of sp³-hybridized carbons (Fsp3) is 0.222. The minimum atomic E-state index is -0.547. The summed E-state index contributed by atoms with van der Waals surface area (Å²) in [6.45, 7) is 1.40. The quantitative estimate of drug-likeness (QED) is 0.603. The molecule has 2 aromatic carbocycles.